The standard InChI is InChI=1S/C24H30N8O/c1-30-4-6-31(7-5-30)17-18-12-20(15-26-14-18)22-13-21(19-2-3-23(25)27-16-19)28-24(29-22)32-8-10-33-11-9-32/h2-3,12-16H,4-11,17H2,1H3,(H2,25,27). The van der Waals surface area contributed by atoms with Crippen molar-refractivity contribution in [3.63, 3.8) is 0 Å². The van der Waals surface area contributed by atoms with E-state index in [-0.39, 0.29) is 0 Å². The van der Waals surface area contributed by atoms with Crippen LogP contribution in [0.3, 0.4) is 0 Å². The van der Waals surface area contributed by atoms with Gasteiger partial charge < -0.3 is 20.3 Å². The normalized spacial score (nSPS) is 17.9. The molecule has 2 aliphatic rings. The molecule has 2 N–H and O–H groups in total. The van der Waals surface area contributed by atoms with Gasteiger partial charge >= 0.3 is 0 Å². The van der Waals surface area contributed by atoms with E-state index >= 15 is 0 Å². The van der Waals surface area contributed by atoms with Crippen LogP contribution in [0.15, 0.2) is 42.9 Å². The molecule has 0 aliphatic carbocycles. The first-order valence-corrected chi connectivity index (χ1v) is 11.4. The Balaban J connectivity index is 1.47. The molecule has 0 amide bonds. The number of likely N-dealkylation sites (N-methyl/N-ethyl adjacent to an activating group) is 1. The molecule has 0 atom stereocenters. The fourth-order valence-electron chi connectivity index (χ4n) is 4.17. The van der Waals surface area contributed by atoms with Crippen LogP contribution >= 0.6 is 0 Å². The summed E-state index contributed by atoms with van der Waals surface area (Å²) >= 11 is 0. The third-order valence-corrected chi connectivity index (χ3v) is 6.18. The number of anilines is 2. The molecule has 2 fully saturated rings. The first-order chi connectivity index (χ1) is 16.1. The van der Waals surface area contributed by atoms with Gasteiger partial charge in [-0.15, -0.1) is 0 Å². The lowest BCUT2D eigenvalue weighted by molar-refractivity contribution is 0.122. The van der Waals surface area contributed by atoms with Gasteiger partial charge in [-0.2, -0.15) is 0 Å². The first-order valence-electron chi connectivity index (χ1n) is 11.4. The number of piperazine rings is 1. The highest BCUT2D eigenvalue weighted by Crippen LogP contribution is 2.27. The summed E-state index contributed by atoms with van der Waals surface area (Å²) in [5, 5.41) is 0. The monoisotopic (exact) mass is 446 g/mol. The number of hydrogen-bond acceptors (Lipinski definition) is 9. The summed E-state index contributed by atoms with van der Waals surface area (Å²) in [6, 6.07) is 7.94. The second kappa shape index (κ2) is 9.78. The lowest BCUT2D eigenvalue weighted by Gasteiger charge is -2.32. The molecule has 5 rings (SSSR count). The zero-order valence-electron chi connectivity index (χ0n) is 19.0. The molecule has 2 saturated heterocycles. The zero-order valence-corrected chi connectivity index (χ0v) is 19.0. The van der Waals surface area contributed by atoms with Crippen molar-refractivity contribution in [1.29, 1.82) is 0 Å². The maximum atomic E-state index is 5.79. The Morgan fingerprint density at radius 1 is 0.879 bits per heavy atom. The third-order valence-electron chi connectivity index (χ3n) is 6.18. The first kappa shape index (κ1) is 21.7. The molecule has 33 heavy (non-hydrogen) atoms. The lowest BCUT2D eigenvalue weighted by Crippen LogP contribution is -2.43. The summed E-state index contributed by atoms with van der Waals surface area (Å²) < 4.78 is 5.52. The van der Waals surface area contributed by atoms with E-state index in [2.05, 4.69) is 37.8 Å². The number of morpholine rings is 1. The molecule has 2 aliphatic heterocycles. The van der Waals surface area contributed by atoms with Crippen LogP contribution < -0.4 is 10.6 Å². The molecule has 5 heterocycles. The smallest absolute Gasteiger partial charge is 0.226 e. The molecule has 0 spiro atoms. The second-order valence-electron chi connectivity index (χ2n) is 8.67. The van der Waals surface area contributed by atoms with E-state index in [9.17, 15) is 0 Å². The van der Waals surface area contributed by atoms with E-state index < -0.39 is 0 Å². The van der Waals surface area contributed by atoms with Crippen molar-refractivity contribution in [2.24, 2.45) is 0 Å². The SMILES string of the molecule is CN1CCN(Cc2cncc(-c3cc(-c4ccc(N)nc4)nc(N4CCOCC4)n3)c2)CC1. The summed E-state index contributed by atoms with van der Waals surface area (Å²) in [6.07, 6.45) is 5.59. The number of pyridine rings is 2. The van der Waals surface area contributed by atoms with Gasteiger partial charge in [-0.05, 0) is 36.9 Å². The Hall–Kier alpha value is -3.14. The zero-order chi connectivity index (χ0) is 22.6. The number of aromatic nitrogens is 4. The van der Waals surface area contributed by atoms with Crippen LogP contribution in [0.25, 0.3) is 22.5 Å². The minimum Gasteiger partial charge on any atom is -0.384 e. The predicted molar refractivity (Wildman–Crippen MR) is 129 cm³/mol. The third kappa shape index (κ3) is 5.27. The van der Waals surface area contributed by atoms with Gasteiger partial charge in [0.15, 0.2) is 0 Å². The Labute approximate surface area is 194 Å². The number of ether oxygens (including phenoxy) is 1. The summed E-state index contributed by atoms with van der Waals surface area (Å²) in [7, 11) is 2.18. The van der Waals surface area contributed by atoms with Gasteiger partial charge in [-0.3, -0.25) is 9.88 Å². The number of hydrogen-bond donors (Lipinski definition) is 1. The predicted octanol–water partition coefficient (Wildman–Crippen LogP) is 1.77. The maximum Gasteiger partial charge on any atom is 0.226 e. The molecule has 0 bridgehead atoms. The Kier molecular flexibility index (Phi) is 6.43. The fourth-order valence-corrected chi connectivity index (χ4v) is 4.17. The number of nitrogens with two attached hydrogens (primary N) is 1. The summed E-state index contributed by atoms with van der Waals surface area (Å²) in [4.78, 5) is 25.6. The molecule has 0 radical (unpaired) electrons. The van der Waals surface area contributed by atoms with Crippen molar-refractivity contribution in [1.82, 2.24) is 29.7 Å². The molecule has 9 heteroatoms. The molecular weight excluding hydrogens is 416 g/mol. The average molecular weight is 447 g/mol. The molecule has 0 aromatic carbocycles. The minimum absolute atomic E-state index is 0.488. The van der Waals surface area contributed by atoms with Gasteiger partial charge in [0.05, 0.1) is 24.6 Å². The van der Waals surface area contributed by atoms with E-state index in [1.807, 2.05) is 24.5 Å². The summed E-state index contributed by atoms with van der Waals surface area (Å²) in [5.74, 6) is 1.19. The topological polar surface area (TPSA) is 96.5 Å². The van der Waals surface area contributed by atoms with Crippen LogP contribution in [0, 0.1) is 0 Å². The van der Waals surface area contributed by atoms with E-state index in [1.165, 1.54) is 5.56 Å². The quantitative estimate of drug-likeness (QED) is 0.629. The number of rotatable bonds is 5. The van der Waals surface area contributed by atoms with Crippen LogP contribution in [0.4, 0.5) is 11.8 Å². The largest absolute Gasteiger partial charge is 0.384 e. The second-order valence-corrected chi connectivity index (χ2v) is 8.67. The summed E-state index contributed by atoms with van der Waals surface area (Å²) in [6.45, 7) is 8.12. The van der Waals surface area contributed by atoms with Crippen molar-refractivity contribution in [3.05, 3.63) is 48.4 Å². The van der Waals surface area contributed by atoms with Gasteiger partial charge in [-0.25, -0.2) is 15.0 Å². The van der Waals surface area contributed by atoms with Crippen LogP contribution in [0.1, 0.15) is 5.56 Å². The van der Waals surface area contributed by atoms with Gasteiger partial charge in [0.1, 0.15) is 5.82 Å². The molecule has 3 aromatic heterocycles. The minimum atomic E-state index is 0.488. The van der Waals surface area contributed by atoms with E-state index in [4.69, 9.17) is 20.4 Å². The van der Waals surface area contributed by atoms with Gasteiger partial charge in [0, 0.05) is 75.5 Å². The van der Waals surface area contributed by atoms with Gasteiger partial charge in [-0.1, -0.05) is 0 Å². The number of nitrogen functional groups attached to an aromatic ring is 1. The average Bonchev–Trinajstić information content (AvgIpc) is 2.86. The Bertz CT molecular complexity index is 1080. The van der Waals surface area contributed by atoms with E-state index in [0.717, 1.165) is 68.3 Å². The summed E-state index contributed by atoms with van der Waals surface area (Å²) in [5.41, 5.74) is 10.6. The molecule has 0 saturated carbocycles. The van der Waals surface area contributed by atoms with Crippen molar-refractivity contribution in [2.75, 3.05) is 70.2 Å². The molecular formula is C24H30N8O. The highest BCUT2D eigenvalue weighted by atomic mass is 16.5. The van der Waals surface area contributed by atoms with Crippen LogP contribution in [0.2, 0.25) is 0 Å². The molecule has 3 aromatic rings. The van der Waals surface area contributed by atoms with Crippen molar-refractivity contribution in [3.8, 4) is 22.5 Å². The maximum absolute atomic E-state index is 5.79. The molecule has 0 unspecified atom stereocenters. The highest BCUT2D eigenvalue weighted by molar-refractivity contribution is 5.69. The van der Waals surface area contributed by atoms with Crippen LogP contribution in [-0.2, 0) is 11.3 Å². The van der Waals surface area contributed by atoms with E-state index in [0.29, 0.717) is 25.0 Å². The Morgan fingerprint density at radius 2 is 1.64 bits per heavy atom. The van der Waals surface area contributed by atoms with Crippen molar-refractivity contribution in [2.45, 2.75) is 6.54 Å². The van der Waals surface area contributed by atoms with Crippen LogP contribution in [-0.4, -0.2) is 89.3 Å². The molecule has 172 valence electrons. The molecule has 9 nitrogen and oxygen atoms in total. The van der Waals surface area contributed by atoms with Gasteiger partial charge in [0.25, 0.3) is 0 Å². The number of nitrogens with zero attached hydrogens (tertiary/aromatic N) is 7. The fraction of sp³-hybridized carbons (Fsp3) is 0.417. The Morgan fingerprint density at radius 3 is 2.36 bits per heavy atom. The van der Waals surface area contributed by atoms with Crippen LogP contribution in [0.5, 0.6) is 0 Å². The highest BCUT2D eigenvalue weighted by Gasteiger charge is 2.18. The van der Waals surface area contributed by atoms with Crippen molar-refractivity contribution < 1.29 is 4.74 Å². The van der Waals surface area contributed by atoms with E-state index in [1.54, 1.807) is 12.3 Å². The van der Waals surface area contributed by atoms with Gasteiger partial charge in [0.2, 0.25) is 5.95 Å². The van der Waals surface area contributed by atoms with Crippen molar-refractivity contribution >= 4 is 11.8 Å². The lowest BCUT2D eigenvalue weighted by atomic mass is 10.1.